The van der Waals surface area contributed by atoms with Crippen molar-refractivity contribution >= 4 is 28.8 Å². The predicted molar refractivity (Wildman–Crippen MR) is 98.0 cm³/mol. The molecule has 0 heterocycles. The molecule has 0 bridgehead atoms. The van der Waals surface area contributed by atoms with E-state index in [9.17, 15) is 23.1 Å². The zero-order chi connectivity index (χ0) is 20.5. The predicted octanol–water partition coefficient (Wildman–Crippen LogP) is 5.14. The number of anilines is 1. The molecule has 2 aromatic carbocycles. The molecule has 1 aliphatic rings. The Hall–Kier alpha value is -2.64. The summed E-state index contributed by atoms with van der Waals surface area (Å²) in [5.74, 6) is -5.90. The molecule has 0 aromatic heterocycles. The second kappa shape index (κ2) is 7.41. The fourth-order valence-corrected chi connectivity index (χ4v) is 3.11. The topological polar surface area (TPSA) is 49.3 Å². The first-order valence-corrected chi connectivity index (χ1v) is 8.51. The fourth-order valence-electron chi connectivity index (χ4n) is 2.87. The van der Waals surface area contributed by atoms with E-state index >= 15 is 4.39 Å². The quantitative estimate of drug-likeness (QED) is 0.687. The van der Waals surface area contributed by atoms with Crippen LogP contribution in [0.25, 0.3) is 5.57 Å². The van der Waals surface area contributed by atoms with Gasteiger partial charge in [0.15, 0.2) is 0 Å². The Morgan fingerprint density at radius 2 is 1.79 bits per heavy atom. The summed E-state index contributed by atoms with van der Waals surface area (Å²) in [6.45, 7) is 0. The Morgan fingerprint density at radius 1 is 1.11 bits per heavy atom. The van der Waals surface area contributed by atoms with E-state index in [0.29, 0.717) is 5.56 Å². The van der Waals surface area contributed by atoms with Crippen LogP contribution in [0.15, 0.2) is 71.8 Å². The smallest absolute Gasteiger partial charge is 0.357 e. The monoisotopic (exact) mass is 411 g/mol. The molecule has 2 N–H and O–H groups in total. The molecule has 0 saturated carbocycles. The number of nitrogens with one attached hydrogen (secondary N) is 1. The van der Waals surface area contributed by atoms with E-state index in [2.05, 4.69) is 5.32 Å². The van der Waals surface area contributed by atoms with Crippen molar-refractivity contribution in [2.75, 3.05) is 5.32 Å². The lowest BCUT2D eigenvalue weighted by atomic mass is 9.84. The van der Waals surface area contributed by atoms with Crippen LogP contribution in [-0.2, 0) is 11.0 Å². The van der Waals surface area contributed by atoms with Crippen molar-refractivity contribution in [2.24, 2.45) is 5.92 Å². The third kappa shape index (κ3) is 4.10. The lowest BCUT2D eigenvalue weighted by Gasteiger charge is -2.31. The molecule has 1 amide bonds. The molecule has 0 fully saturated rings. The van der Waals surface area contributed by atoms with Crippen LogP contribution >= 0.6 is 11.6 Å². The van der Waals surface area contributed by atoms with Crippen LogP contribution in [0.1, 0.15) is 11.1 Å². The molecule has 8 heteroatoms. The summed E-state index contributed by atoms with van der Waals surface area (Å²) >= 11 is 5.99. The molecular formula is C20H14ClF4NO2. The van der Waals surface area contributed by atoms with Crippen molar-refractivity contribution in [2.45, 2.75) is 12.0 Å². The summed E-state index contributed by atoms with van der Waals surface area (Å²) in [6, 6.07) is 11.9. The summed E-state index contributed by atoms with van der Waals surface area (Å²) in [5, 5.41) is 12.6. The third-order valence-electron chi connectivity index (χ3n) is 4.22. The first kappa shape index (κ1) is 20.1. The van der Waals surface area contributed by atoms with Crippen LogP contribution in [0.3, 0.4) is 0 Å². The Bertz CT molecular complexity index is 952. The first-order valence-electron chi connectivity index (χ1n) is 8.13. The van der Waals surface area contributed by atoms with Gasteiger partial charge in [0.2, 0.25) is 11.8 Å². The van der Waals surface area contributed by atoms with Gasteiger partial charge in [0.25, 0.3) is 0 Å². The summed E-state index contributed by atoms with van der Waals surface area (Å²) in [4.78, 5) is 12.5. The van der Waals surface area contributed by atoms with E-state index in [4.69, 9.17) is 11.6 Å². The number of carbonyl (C=O) groups is 1. The zero-order valence-corrected chi connectivity index (χ0v) is 14.9. The first-order chi connectivity index (χ1) is 13.1. The fraction of sp³-hybridized carbons (Fsp3) is 0.150. The molecule has 0 spiro atoms. The van der Waals surface area contributed by atoms with Gasteiger partial charge in [0.05, 0.1) is 5.56 Å². The largest absolute Gasteiger partial charge is 0.416 e. The highest BCUT2D eigenvalue weighted by Crippen LogP contribution is 2.42. The van der Waals surface area contributed by atoms with Gasteiger partial charge in [-0.15, -0.1) is 0 Å². The van der Waals surface area contributed by atoms with Crippen LogP contribution in [0.4, 0.5) is 23.2 Å². The van der Waals surface area contributed by atoms with Crippen molar-refractivity contribution in [1.82, 2.24) is 0 Å². The summed E-state index contributed by atoms with van der Waals surface area (Å²) in [5.41, 5.74) is -1.06. The molecule has 2 unspecified atom stereocenters. The molecule has 2 aromatic rings. The Kier molecular flexibility index (Phi) is 5.32. The van der Waals surface area contributed by atoms with E-state index in [1.165, 1.54) is 24.3 Å². The number of hydrogen-bond acceptors (Lipinski definition) is 2. The van der Waals surface area contributed by atoms with E-state index in [1.54, 1.807) is 18.2 Å². The lowest BCUT2D eigenvalue weighted by molar-refractivity contribution is -0.138. The molecular weight excluding hydrogens is 398 g/mol. The molecule has 1 aliphatic carbocycles. The summed E-state index contributed by atoms with van der Waals surface area (Å²) in [7, 11) is 0. The third-order valence-corrected chi connectivity index (χ3v) is 4.46. The highest BCUT2D eigenvalue weighted by atomic mass is 35.5. The van der Waals surface area contributed by atoms with Crippen molar-refractivity contribution in [3.05, 3.63) is 82.9 Å². The van der Waals surface area contributed by atoms with Crippen molar-refractivity contribution in [3.8, 4) is 0 Å². The molecule has 146 valence electrons. The maximum atomic E-state index is 15.2. The van der Waals surface area contributed by atoms with E-state index in [1.807, 2.05) is 0 Å². The SMILES string of the molecule is O=C(Nc1cccc(C(F)(F)F)c1)C1C=C(Cl)C=C(c2ccccc2)C1(O)F. The minimum absolute atomic E-state index is 0.0189. The van der Waals surface area contributed by atoms with Gasteiger partial charge in [-0.1, -0.05) is 48.0 Å². The normalized spacial score (nSPS) is 22.3. The highest BCUT2D eigenvalue weighted by Gasteiger charge is 2.46. The molecule has 0 radical (unpaired) electrons. The average Bonchev–Trinajstić information content (AvgIpc) is 2.63. The minimum atomic E-state index is -4.60. The molecule has 2 atom stereocenters. The van der Waals surface area contributed by atoms with Crippen molar-refractivity contribution < 1.29 is 27.5 Å². The number of rotatable bonds is 3. The van der Waals surface area contributed by atoms with Crippen LogP contribution < -0.4 is 5.32 Å². The van der Waals surface area contributed by atoms with Gasteiger partial charge in [0, 0.05) is 16.3 Å². The maximum absolute atomic E-state index is 15.2. The average molecular weight is 412 g/mol. The second-order valence-electron chi connectivity index (χ2n) is 6.19. The van der Waals surface area contributed by atoms with E-state index in [0.717, 1.165) is 24.3 Å². The van der Waals surface area contributed by atoms with Gasteiger partial charge in [-0.25, -0.2) is 4.39 Å². The van der Waals surface area contributed by atoms with Gasteiger partial charge < -0.3 is 10.4 Å². The minimum Gasteiger partial charge on any atom is -0.357 e. The zero-order valence-electron chi connectivity index (χ0n) is 14.2. The van der Waals surface area contributed by atoms with E-state index in [-0.39, 0.29) is 16.3 Å². The summed E-state index contributed by atoms with van der Waals surface area (Å²) < 4.78 is 53.7. The van der Waals surface area contributed by atoms with Crippen LogP contribution in [0, 0.1) is 5.92 Å². The van der Waals surface area contributed by atoms with Crippen LogP contribution in [0.2, 0.25) is 0 Å². The van der Waals surface area contributed by atoms with Crippen molar-refractivity contribution in [1.29, 1.82) is 0 Å². The number of halogens is 5. The van der Waals surface area contributed by atoms with E-state index < -0.39 is 29.4 Å². The van der Waals surface area contributed by atoms with Crippen molar-refractivity contribution in [3.63, 3.8) is 0 Å². The van der Waals surface area contributed by atoms with Gasteiger partial charge in [-0.3, -0.25) is 4.79 Å². The molecule has 3 nitrogen and oxygen atoms in total. The van der Waals surface area contributed by atoms with Crippen LogP contribution in [0.5, 0.6) is 0 Å². The number of hydrogen-bond donors (Lipinski definition) is 2. The second-order valence-corrected chi connectivity index (χ2v) is 6.63. The number of alkyl halides is 4. The molecule has 3 rings (SSSR count). The molecule has 28 heavy (non-hydrogen) atoms. The van der Waals surface area contributed by atoms with Gasteiger partial charge >= 0.3 is 6.18 Å². The van der Waals surface area contributed by atoms with Crippen LogP contribution in [-0.4, -0.2) is 16.9 Å². The number of amides is 1. The van der Waals surface area contributed by atoms with Gasteiger partial charge in [0.1, 0.15) is 5.92 Å². The maximum Gasteiger partial charge on any atom is 0.416 e. The summed E-state index contributed by atoms with van der Waals surface area (Å²) in [6.07, 6.45) is -2.39. The molecule has 0 saturated heterocycles. The Balaban J connectivity index is 1.89. The standard InChI is InChI=1S/C20H14ClF4NO2/c21-14-10-16(12-5-2-1-3-6-12)19(22,28)17(11-14)18(27)26-15-8-4-7-13(9-15)20(23,24)25/h1-11,17,28H,(H,26,27). The number of benzene rings is 2. The molecule has 0 aliphatic heterocycles. The highest BCUT2D eigenvalue weighted by molar-refractivity contribution is 6.32. The Morgan fingerprint density at radius 3 is 2.43 bits per heavy atom. The number of aliphatic hydroxyl groups is 1. The Labute approximate surface area is 162 Å². The lowest BCUT2D eigenvalue weighted by Crippen LogP contribution is -2.42. The van der Waals surface area contributed by atoms with Gasteiger partial charge in [-0.05, 0) is 35.9 Å². The number of carbonyl (C=O) groups excluding carboxylic acids is 1. The van der Waals surface area contributed by atoms with Gasteiger partial charge in [-0.2, -0.15) is 13.2 Å². The number of allylic oxidation sites excluding steroid dienone is 2.